The number of carbonyl (C=O) groups excluding carboxylic acids is 1. The molecule has 1 atom stereocenters. The van der Waals surface area contributed by atoms with Gasteiger partial charge in [0, 0.05) is 13.3 Å². The van der Waals surface area contributed by atoms with E-state index in [2.05, 4.69) is 6.92 Å². The zero-order valence-corrected chi connectivity index (χ0v) is 16.9. The molecule has 0 amide bonds. The molecule has 25 heavy (non-hydrogen) atoms. The minimum atomic E-state index is -1.90. The first kappa shape index (κ1) is 24.2. The van der Waals surface area contributed by atoms with Crippen LogP contribution in [0.5, 0.6) is 0 Å². The monoisotopic (exact) mass is 376 g/mol. The molecule has 4 nitrogen and oxygen atoms in total. The van der Waals surface area contributed by atoms with Gasteiger partial charge in [-0.1, -0.05) is 102 Å². The summed E-state index contributed by atoms with van der Waals surface area (Å²) in [6.45, 7) is 3.42. The summed E-state index contributed by atoms with van der Waals surface area (Å²) in [6.07, 6.45) is 17.4. The number of rotatable bonds is 17. The predicted octanol–water partition coefficient (Wildman–Crippen LogP) is 6.44. The van der Waals surface area contributed by atoms with Crippen LogP contribution >= 0.6 is 11.6 Å². The van der Waals surface area contributed by atoms with E-state index >= 15 is 0 Å². The van der Waals surface area contributed by atoms with Crippen molar-refractivity contribution in [3.8, 4) is 0 Å². The molecule has 0 spiro atoms. The van der Waals surface area contributed by atoms with E-state index in [0.717, 1.165) is 12.8 Å². The number of carboxylic acids is 1. The lowest BCUT2D eigenvalue weighted by atomic mass is 10.0. The van der Waals surface area contributed by atoms with Gasteiger partial charge >= 0.3 is 11.9 Å². The molecule has 0 aromatic carbocycles. The molecular weight excluding hydrogens is 340 g/mol. The fraction of sp³-hybridized carbons (Fsp3) is 0.900. The molecule has 0 aromatic rings. The number of carboxylic acid groups (broad SMARTS) is 1. The molecule has 0 saturated heterocycles. The smallest absolute Gasteiger partial charge is 0.364 e. The Morgan fingerprint density at radius 2 is 1.16 bits per heavy atom. The van der Waals surface area contributed by atoms with Crippen LogP contribution < -0.4 is 0 Å². The molecular formula is C20H37ClO4. The van der Waals surface area contributed by atoms with E-state index in [1.807, 2.05) is 0 Å². The van der Waals surface area contributed by atoms with Crippen molar-refractivity contribution in [1.29, 1.82) is 0 Å². The third-order valence-corrected chi connectivity index (χ3v) is 4.90. The van der Waals surface area contributed by atoms with Crippen molar-refractivity contribution in [3.05, 3.63) is 0 Å². The van der Waals surface area contributed by atoms with Crippen LogP contribution in [0.15, 0.2) is 0 Å². The van der Waals surface area contributed by atoms with Crippen molar-refractivity contribution >= 4 is 23.5 Å². The average Bonchev–Trinajstić information content (AvgIpc) is 2.54. The van der Waals surface area contributed by atoms with Crippen LogP contribution in [0.25, 0.3) is 0 Å². The Morgan fingerprint density at radius 3 is 1.48 bits per heavy atom. The Balaban J connectivity index is 3.46. The molecule has 148 valence electrons. The number of aliphatic carboxylic acids is 1. The van der Waals surface area contributed by atoms with E-state index in [1.165, 1.54) is 77.6 Å². The fourth-order valence-corrected chi connectivity index (χ4v) is 3.22. The molecule has 0 fully saturated rings. The van der Waals surface area contributed by atoms with Crippen LogP contribution in [0.4, 0.5) is 0 Å². The molecule has 1 unspecified atom stereocenters. The number of hydrogen-bond donors (Lipinski definition) is 1. The first-order valence-electron chi connectivity index (χ1n) is 10.0. The zero-order valence-electron chi connectivity index (χ0n) is 16.2. The van der Waals surface area contributed by atoms with E-state index in [4.69, 9.17) is 21.4 Å². The highest BCUT2D eigenvalue weighted by Crippen LogP contribution is 2.26. The van der Waals surface area contributed by atoms with Gasteiger partial charge in [0.25, 0.3) is 5.06 Å². The van der Waals surface area contributed by atoms with Gasteiger partial charge in [-0.25, -0.2) is 4.79 Å². The van der Waals surface area contributed by atoms with Gasteiger partial charge in [-0.05, 0) is 6.42 Å². The normalized spacial score (nSPS) is 13.4. The molecule has 0 saturated carbocycles. The molecule has 0 aliphatic rings. The molecule has 0 bridgehead atoms. The Bertz CT molecular complexity index is 360. The first-order chi connectivity index (χ1) is 11.9. The summed E-state index contributed by atoms with van der Waals surface area (Å²) < 4.78 is 4.74. The molecule has 0 radical (unpaired) electrons. The second kappa shape index (κ2) is 15.5. The minimum absolute atomic E-state index is 0.154. The lowest BCUT2D eigenvalue weighted by Gasteiger charge is -2.21. The number of hydrogen-bond acceptors (Lipinski definition) is 3. The highest BCUT2D eigenvalue weighted by Gasteiger charge is 2.39. The van der Waals surface area contributed by atoms with Crippen molar-refractivity contribution in [3.63, 3.8) is 0 Å². The van der Waals surface area contributed by atoms with E-state index < -0.39 is 17.0 Å². The summed E-state index contributed by atoms with van der Waals surface area (Å²) in [7, 11) is 0. The third-order valence-electron chi connectivity index (χ3n) is 4.48. The summed E-state index contributed by atoms with van der Waals surface area (Å²) in [5, 5.41) is 7.18. The van der Waals surface area contributed by atoms with Gasteiger partial charge in [-0.2, -0.15) is 0 Å². The Morgan fingerprint density at radius 1 is 0.800 bits per heavy atom. The lowest BCUT2D eigenvalue weighted by molar-refractivity contribution is -0.167. The predicted molar refractivity (Wildman–Crippen MR) is 103 cm³/mol. The topological polar surface area (TPSA) is 63.6 Å². The summed E-state index contributed by atoms with van der Waals surface area (Å²) in [4.78, 5) is 22.1. The minimum Gasteiger partial charge on any atom is -0.477 e. The van der Waals surface area contributed by atoms with Crippen molar-refractivity contribution < 1.29 is 19.4 Å². The molecule has 0 heterocycles. The summed E-state index contributed by atoms with van der Waals surface area (Å²) >= 11 is 5.88. The second-order valence-corrected chi connectivity index (χ2v) is 7.58. The van der Waals surface area contributed by atoms with Gasteiger partial charge in [-0.3, -0.25) is 4.79 Å². The van der Waals surface area contributed by atoms with Crippen LogP contribution in [-0.4, -0.2) is 22.1 Å². The maximum absolute atomic E-state index is 11.1. The standard InChI is InChI=1S/C20H37ClO4/c1-3-4-5-6-7-8-9-10-11-12-13-14-15-16-17-20(21,19(23)24)25-18(2)22/h3-17H2,1-2H3,(H,23,24). The van der Waals surface area contributed by atoms with Crippen LogP contribution in [0.2, 0.25) is 0 Å². The zero-order chi connectivity index (χ0) is 19.0. The molecule has 1 N–H and O–H groups in total. The van der Waals surface area contributed by atoms with Crippen molar-refractivity contribution in [2.45, 2.75) is 115 Å². The van der Waals surface area contributed by atoms with E-state index in [1.54, 1.807) is 0 Å². The van der Waals surface area contributed by atoms with Gasteiger partial charge in [0.05, 0.1) is 0 Å². The van der Waals surface area contributed by atoms with E-state index in [9.17, 15) is 9.59 Å². The number of esters is 1. The van der Waals surface area contributed by atoms with Crippen molar-refractivity contribution in [1.82, 2.24) is 0 Å². The van der Waals surface area contributed by atoms with Crippen molar-refractivity contribution in [2.75, 3.05) is 0 Å². The number of ether oxygens (including phenoxy) is 1. The average molecular weight is 377 g/mol. The molecule has 5 heteroatoms. The first-order valence-corrected chi connectivity index (χ1v) is 10.4. The number of halogens is 1. The number of carbonyl (C=O) groups is 2. The highest BCUT2D eigenvalue weighted by atomic mass is 35.5. The highest BCUT2D eigenvalue weighted by molar-refractivity contribution is 6.33. The summed E-state index contributed by atoms with van der Waals surface area (Å²) in [6, 6.07) is 0. The fourth-order valence-electron chi connectivity index (χ4n) is 2.98. The van der Waals surface area contributed by atoms with Crippen LogP contribution in [0.1, 0.15) is 110 Å². The van der Waals surface area contributed by atoms with Gasteiger partial charge in [0.2, 0.25) is 0 Å². The molecule has 0 aromatic heterocycles. The molecule has 0 aliphatic carbocycles. The van der Waals surface area contributed by atoms with Gasteiger partial charge in [0.1, 0.15) is 0 Å². The maximum Gasteiger partial charge on any atom is 0.364 e. The van der Waals surface area contributed by atoms with Gasteiger partial charge in [-0.15, -0.1) is 0 Å². The quantitative estimate of drug-likeness (QED) is 0.180. The molecule has 0 aliphatic heterocycles. The number of alkyl halides is 1. The Hall–Kier alpha value is -0.770. The van der Waals surface area contributed by atoms with Gasteiger partial charge in [0.15, 0.2) is 0 Å². The largest absolute Gasteiger partial charge is 0.477 e. The second-order valence-electron chi connectivity index (χ2n) is 6.97. The third kappa shape index (κ3) is 14.1. The van der Waals surface area contributed by atoms with E-state index in [-0.39, 0.29) is 6.42 Å². The summed E-state index contributed by atoms with van der Waals surface area (Å²) in [5.74, 6) is -1.96. The SMILES string of the molecule is CCCCCCCCCCCCCCCCC(Cl)(OC(C)=O)C(=O)O. The molecule has 0 rings (SSSR count). The van der Waals surface area contributed by atoms with Crippen LogP contribution in [-0.2, 0) is 14.3 Å². The van der Waals surface area contributed by atoms with Gasteiger partial charge < -0.3 is 9.84 Å². The summed E-state index contributed by atoms with van der Waals surface area (Å²) in [5.41, 5.74) is 0. The Kier molecular flexibility index (Phi) is 15.0. The maximum atomic E-state index is 11.1. The van der Waals surface area contributed by atoms with Crippen LogP contribution in [0.3, 0.4) is 0 Å². The van der Waals surface area contributed by atoms with Crippen LogP contribution in [0, 0.1) is 0 Å². The van der Waals surface area contributed by atoms with E-state index in [0.29, 0.717) is 6.42 Å². The number of unbranched alkanes of at least 4 members (excludes halogenated alkanes) is 13. The lowest BCUT2D eigenvalue weighted by Crippen LogP contribution is -2.37. The van der Waals surface area contributed by atoms with Crippen molar-refractivity contribution in [2.24, 2.45) is 0 Å². The Labute approximate surface area is 158 Å².